The Balaban J connectivity index is 3.04. The summed E-state index contributed by atoms with van der Waals surface area (Å²) in [5, 5.41) is 0. The molecular weight excluding hydrogens is 216 g/mol. The van der Waals surface area contributed by atoms with Crippen LogP contribution in [0.4, 0.5) is 0 Å². The predicted octanol–water partition coefficient (Wildman–Crippen LogP) is 6.82. The largest absolute Gasteiger partial charge is 0.0885 e. The van der Waals surface area contributed by atoms with E-state index in [0.29, 0.717) is 0 Å². The molecule has 0 spiro atoms. The van der Waals surface area contributed by atoms with Gasteiger partial charge >= 0.3 is 0 Å². The molecule has 0 rings (SSSR count). The van der Waals surface area contributed by atoms with Crippen molar-refractivity contribution in [2.75, 3.05) is 0 Å². The van der Waals surface area contributed by atoms with Crippen molar-refractivity contribution in [1.82, 2.24) is 0 Å². The fraction of sp³-hybridized carbons (Fsp3) is 0.778. The van der Waals surface area contributed by atoms with Gasteiger partial charge in [-0.05, 0) is 25.7 Å². The molecule has 0 amide bonds. The molecule has 0 aliphatic carbocycles. The van der Waals surface area contributed by atoms with Gasteiger partial charge in [0.15, 0.2) is 0 Å². The summed E-state index contributed by atoms with van der Waals surface area (Å²) in [6.45, 7) is 4.47. The van der Waals surface area contributed by atoms with E-state index < -0.39 is 0 Å². The van der Waals surface area contributed by atoms with Gasteiger partial charge in [0.2, 0.25) is 0 Å². The number of unbranched alkanes of at least 4 members (excludes halogenated alkanes) is 9. The van der Waals surface area contributed by atoms with Crippen LogP contribution in [0, 0.1) is 0 Å². The first-order valence-electron chi connectivity index (χ1n) is 8.21. The van der Waals surface area contributed by atoms with Crippen LogP contribution in [0.2, 0.25) is 0 Å². The van der Waals surface area contributed by atoms with Gasteiger partial charge in [0.05, 0.1) is 0 Å². The SMILES string of the molecule is CCC=CCC=CCCCCCCCCCCC. The Hall–Kier alpha value is -0.520. The quantitative estimate of drug-likeness (QED) is 0.248. The molecule has 0 heteroatoms. The fourth-order valence-corrected chi connectivity index (χ4v) is 2.13. The van der Waals surface area contributed by atoms with Crippen LogP contribution in [-0.2, 0) is 0 Å². The van der Waals surface area contributed by atoms with Crippen molar-refractivity contribution >= 4 is 0 Å². The normalized spacial score (nSPS) is 11.9. The van der Waals surface area contributed by atoms with Gasteiger partial charge in [-0.25, -0.2) is 0 Å². The third-order valence-corrected chi connectivity index (χ3v) is 3.32. The van der Waals surface area contributed by atoms with Crippen molar-refractivity contribution in [3.8, 4) is 0 Å². The summed E-state index contributed by atoms with van der Waals surface area (Å²) in [5.41, 5.74) is 0. The second kappa shape index (κ2) is 16.5. The Bertz CT molecular complexity index is 188. The summed E-state index contributed by atoms with van der Waals surface area (Å²) in [4.78, 5) is 0. The molecule has 0 aromatic rings. The topological polar surface area (TPSA) is 0 Å². The zero-order valence-corrected chi connectivity index (χ0v) is 12.8. The van der Waals surface area contributed by atoms with Gasteiger partial charge < -0.3 is 0 Å². The van der Waals surface area contributed by atoms with E-state index in [1.165, 1.54) is 64.2 Å². The van der Waals surface area contributed by atoms with Gasteiger partial charge in [-0.15, -0.1) is 0 Å². The molecule has 106 valence electrons. The first-order chi connectivity index (χ1) is 8.91. The van der Waals surface area contributed by atoms with E-state index >= 15 is 0 Å². The molecule has 0 bridgehead atoms. The highest BCUT2D eigenvalue weighted by Gasteiger charge is 1.90. The molecule has 0 aliphatic rings. The smallest absolute Gasteiger partial charge is 0.0169 e. The lowest BCUT2D eigenvalue weighted by Gasteiger charge is -2.00. The molecule has 0 saturated heterocycles. The molecular formula is C18H34. The van der Waals surface area contributed by atoms with Gasteiger partial charge in [0, 0.05) is 0 Å². The van der Waals surface area contributed by atoms with Crippen LogP contribution in [0.3, 0.4) is 0 Å². The fourth-order valence-electron chi connectivity index (χ4n) is 2.13. The molecule has 0 atom stereocenters. The van der Waals surface area contributed by atoms with Gasteiger partial charge in [0.25, 0.3) is 0 Å². The molecule has 0 aliphatic heterocycles. The second-order valence-electron chi connectivity index (χ2n) is 5.20. The van der Waals surface area contributed by atoms with E-state index in [2.05, 4.69) is 38.2 Å². The molecule has 0 saturated carbocycles. The van der Waals surface area contributed by atoms with E-state index in [1.807, 2.05) is 0 Å². The molecule has 0 nitrogen and oxygen atoms in total. The summed E-state index contributed by atoms with van der Waals surface area (Å²) in [5.74, 6) is 0. The molecule has 18 heavy (non-hydrogen) atoms. The third kappa shape index (κ3) is 15.5. The highest BCUT2D eigenvalue weighted by molar-refractivity contribution is 4.92. The Labute approximate surface area is 116 Å². The molecule has 0 aromatic carbocycles. The zero-order valence-electron chi connectivity index (χ0n) is 12.8. The van der Waals surface area contributed by atoms with Gasteiger partial charge in [-0.2, -0.15) is 0 Å². The minimum Gasteiger partial charge on any atom is -0.0885 e. The predicted molar refractivity (Wildman–Crippen MR) is 85.0 cm³/mol. The maximum Gasteiger partial charge on any atom is -0.0169 e. The Morgan fingerprint density at radius 3 is 1.72 bits per heavy atom. The van der Waals surface area contributed by atoms with Crippen LogP contribution >= 0.6 is 0 Å². The summed E-state index contributed by atoms with van der Waals surface area (Å²) >= 11 is 0. The lowest BCUT2D eigenvalue weighted by Crippen LogP contribution is -1.80. The van der Waals surface area contributed by atoms with Crippen molar-refractivity contribution < 1.29 is 0 Å². The summed E-state index contributed by atoms with van der Waals surface area (Å²) in [7, 11) is 0. The maximum atomic E-state index is 2.35. The standard InChI is InChI=1S/C18H34/c1-3-5-7-9-11-13-15-17-18-16-14-12-10-8-6-4-2/h5,7,11,13H,3-4,6,8-10,12,14-18H2,1-2H3. The van der Waals surface area contributed by atoms with Crippen LogP contribution in [-0.4, -0.2) is 0 Å². The Kier molecular flexibility index (Phi) is 16.0. The number of hydrogen-bond acceptors (Lipinski definition) is 0. The van der Waals surface area contributed by atoms with E-state index in [-0.39, 0.29) is 0 Å². The van der Waals surface area contributed by atoms with Crippen LogP contribution in [0.1, 0.15) is 90.9 Å². The van der Waals surface area contributed by atoms with Crippen molar-refractivity contribution in [2.45, 2.75) is 90.9 Å². The summed E-state index contributed by atoms with van der Waals surface area (Å²) < 4.78 is 0. The first kappa shape index (κ1) is 17.5. The molecule has 0 heterocycles. The zero-order chi connectivity index (χ0) is 13.3. The van der Waals surface area contributed by atoms with Crippen molar-refractivity contribution in [1.29, 1.82) is 0 Å². The van der Waals surface area contributed by atoms with E-state index in [4.69, 9.17) is 0 Å². The van der Waals surface area contributed by atoms with Gasteiger partial charge in [-0.1, -0.05) is 89.5 Å². The minimum atomic E-state index is 1.12. The average Bonchev–Trinajstić information content (AvgIpc) is 2.39. The van der Waals surface area contributed by atoms with E-state index in [0.717, 1.165) is 12.8 Å². The monoisotopic (exact) mass is 250 g/mol. The minimum absolute atomic E-state index is 1.12. The third-order valence-electron chi connectivity index (χ3n) is 3.32. The molecule has 0 N–H and O–H groups in total. The molecule has 0 radical (unpaired) electrons. The van der Waals surface area contributed by atoms with E-state index in [9.17, 15) is 0 Å². The molecule has 0 fully saturated rings. The summed E-state index contributed by atoms with van der Waals surface area (Å²) in [6.07, 6.45) is 25.5. The Morgan fingerprint density at radius 2 is 1.11 bits per heavy atom. The lowest BCUT2D eigenvalue weighted by atomic mass is 10.1. The van der Waals surface area contributed by atoms with Gasteiger partial charge in [0.1, 0.15) is 0 Å². The highest BCUT2D eigenvalue weighted by Crippen LogP contribution is 2.10. The van der Waals surface area contributed by atoms with Gasteiger partial charge in [-0.3, -0.25) is 0 Å². The molecule has 0 aromatic heterocycles. The highest BCUT2D eigenvalue weighted by atomic mass is 14.0. The van der Waals surface area contributed by atoms with Crippen molar-refractivity contribution in [3.05, 3.63) is 24.3 Å². The number of rotatable bonds is 13. The number of hydrogen-bond donors (Lipinski definition) is 0. The average molecular weight is 250 g/mol. The van der Waals surface area contributed by atoms with Crippen molar-refractivity contribution in [2.24, 2.45) is 0 Å². The van der Waals surface area contributed by atoms with E-state index in [1.54, 1.807) is 0 Å². The second-order valence-corrected chi connectivity index (χ2v) is 5.20. The number of allylic oxidation sites excluding steroid dienone is 4. The lowest BCUT2D eigenvalue weighted by molar-refractivity contribution is 0.566. The first-order valence-corrected chi connectivity index (χ1v) is 8.21. The van der Waals surface area contributed by atoms with Crippen LogP contribution in [0.5, 0.6) is 0 Å². The Morgan fingerprint density at radius 1 is 0.556 bits per heavy atom. The van der Waals surface area contributed by atoms with Crippen molar-refractivity contribution in [3.63, 3.8) is 0 Å². The maximum absolute atomic E-state index is 2.35. The van der Waals surface area contributed by atoms with Crippen LogP contribution in [0.25, 0.3) is 0 Å². The molecule has 0 unspecified atom stereocenters. The summed E-state index contributed by atoms with van der Waals surface area (Å²) in [6, 6.07) is 0. The van der Waals surface area contributed by atoms with Crippen LogP contribution in [0.15, 0.2) is 24.3 Å². The van der Waals surface area contributed by atoms with Crippen LogP contribution < -0.4 is 0 Å².